The summed E-state index contributed by atoms with van der Waals surface area (Å²) in [6, 6.07) is 1.71. The van der Waals surface area contributed by atoms with Crippen molar-refractivity contribution in [2.24, 2.45) is 0 Å². The molecule has 0 bridgehead atoms. The molecule has 1 aromatic heterocycles. The summed E-state index contributed by atoms with van der Waals surface area (Å²) in [5.41, 5.74) is 5.66. The molecular weight excluding hydrogens is 212 g/mol. The lowest BCUT2D eigenvalue weighted by Crippen LogP contribution is -2.31. The molecule has 2 rings (SSSR count). The molecule has 0 amide bonds. The van der Waals surface area contributed by atoms with Crippen molar-refractivity contribution in [3.05, 3.63) is 11.2 Å². The van der Waals surface area contributed by atoms with Gasteiger partial charge in [0, 0.05) is 11.6 Å². The first kappa shape index (κ1) is 10.5. The topological polar surface area (TPSA) is 63.8 Å². The highest BCUT2D eigenvalue weighted by molar-refractivity contribution is 6.29. The number of nitrogen functional groups attached to an aromatic ring is 1. The van der Waals surface area contributed by atoms with Crippen LogP contribution in [0.15, 0.2) is 6.07 Å². The summed E-state index contributed by atoms with van der Waals surface area (Å²) in [4.78, 5) is 7.94. The average molecular weight is 227 g/mol. The number of nitrogens with zero attached hydrogens (tertiary/aromatic N) is 2. The Morgan fingerprint density at radius 3 is 2.67 bits per heavy atom. The predicted molar refractivity (Wildman–Crippen MR) is 62.0 cm³/mol. The van der Waals surface area contributed by atoms with Gasteiger partial charge in [-0.25, -0.2) is 4.98 Å². The van der Waals surface area contributed by atoms with Gasteiger partial charge in [0.1, 0.15) is 11.0 Å². The maximum atomic E-state index is 5.81. The number of hydrogen-bond acceptors (Lipinski definition) is 4. The van der Waals surface area contributed by atoms with Crippen LogP contribution in [-0.2, 0) is 0 Å². The summed E-state index contributed by atoms with van der Waals surface area (Å²) >= 11 is 5.81. The molecule has 1 saturated carbocycles. The van der Waals surface area contributed by atoms with E-state index in [1.807, 2.05) is 0 Å². The first-order valence-electron chi connectivity index (χ1n) is 5.16. The van der Waals surface area contributed by atoms with Gasteiger partial charge in [-0.3, -0.25) is 0 Å². The minimum absolute atomic E-state index is 0.129. The summed E-state index contributed by atoms with van der Waals surface area (Å²) in [6.07, 6.45) is 4.85. The molecule has 0 aliphatic heterocycles. The van der Waals surface area contributed by atoms with E-state index in [-0.39, 0.29) is 11.5 Å². The van der Waals surface area contributed by atoms with E-state index < -0.39 is 0 Å². The average Bonchev–Trinajstić information content (AvgIpc) is 2.49. The van der Waals surface area contributed by atoms with Gasteiger partial charge < -0.3 is 11.1 Å². The monoisotopic (exact) mass is 226 g/mol. The second-order valence-corrected chi connectivity index (χ2v) is 4.71. The zero-order valence-electron chi connectivity index (χ0n) is 8.76. The second kappa shape index (κ2) is 3.85. The largest absolute Gasteiger partial charge is 0.368 e. The molecule has 4 nitrogen and oxygen atoms in total. The number of rotatable bonds is 2. The van der Waals surface area contributed by atoms with Crippen LogP contribution in [0.5, 0.6) is 0 Å². The molecule has 0 saturated heterocycles. The Kier molecular flexibility index (Phi) is 2.69. The maximum Gasteiger partial charge on any atom is 0.223 e. The van der Waals surface area contributed by atoms with E-state index in [0.717, 1.165) is 18.7 Å². The lowest BCUT2D eigenvalue weighted by atomic mass is 10.0. The third-order valence-corrected chi connectivity index (χ3v) is 3.04. The predicted octanol–water partition coefficient (Wildman–Crippen LogP) is 2.46. The zero-order chi connectivity index (χ0) is 10.9. The number of nitrogens with one attached hydrogen (secondary N) is 1. The molecule has 0 radical (unpaired) electrons. The highest BCUT2D eigenvalue weighted by Crippen LogP contribution is 2.32. The summed E-state index contributed by atoms with van der Waals surface area (Å²) in [7, 11) is 0. The van der Waals surface area contributed by atoms with Crippen molar-refractivity contribution in [3.63, 3.8) is 0 Å². The lowest BCUT2D eigenvalue weighted by molar-refractivity contribution is 0.531. The molecule has 1 fully saturated rings. The fraction of sp³-hybridized carbons (Fsp3) is 0.600. The van der Waals surface area contributed by atoms with Crippen molar-refractivity contribution in [2.75, 3.05) is 11.1 Å². The number of nitrogens with two attached hydrogens (primary N) is 1. The molecule has 0 unspecified atom stereocenters. The normalized spacial score (nSPS) is 19.1. The maximum absolute atomic E-state index is 5.81. The molecule has 1 heterocycles. The molecule has 1 aliphatic rings. The Labute approximate surface area is 94.2 Å². The van der Waals surface area contributed by atoms with Crippen molar-refractivity contribution < 1.29 is 0 Å². The van der Waals surface area contributed by atoms with Gasteiger partial charge in [-0.15, -0.1) is 0 Å². The minimum Gasteiger partial charge on any atom is -0.368 e. The fourth-order valence-electron chi connectivity index (χ4n) is 2.09. The summed E-state index contributed by atoms with van der Waals surface area (Å²) in [5.74, 6) is 0.934. The van der Waals surface area contributed by atoms with Crippen LogP contribution in [0.2, 0.25) is 5.15 Å². The Bertz CT molecular complexity index is 340. The molecule has 0 aromatic carbocycles. The van der Waals surface area contributed by atoms with Crippen molar-refractivity contribution >= 4 is 23.4 Å². The molecule has 1 aliphatic carbocycles. The van der Waals surface area contributed by atoms with Gasteiger partial charge in [0.25, 0.3) is 0 Å². The third kappa shape index (κ3) is 2.50. The molecule has 1 aromatic rings. The molecule has 82 valence electrons. The van der Waals surface area contributed by atoms with E-state index in [1.54, 1.807) is 6.07 Å². The summed E-state index contributed by atoms with van der Waals surface area (Å²) < 4.78 is 0. The highest BCUT2D eigenvalue weighted by atomic mass is 35.5. The SMILES string of the molecule is CC1(Nc2cc(Cl)nc(N)n2)CCCC1. The Balaban J connectivity index is 2.16. The van der Waals surface area contributed by atoms with E-state index in [0.29, 0.717) is 5.15 Å². The molecule has 0 atom stereocenters. The van der Waals surface area contributed by atoms with Crippen LogP contribution in [0.1, 0.15) is 32.6 Å². The second-order valence-electron chi connectivity index (χ2n) is 4.33. The van der Waals surface area contributed by atoms with Crippen molar-refractivity contribution in [1.29, 1.82) is 0 Å². The number of halogens is 1. The van der Waals surface area contributed by atoms with Crippen LogP contribution in [0.25, 0.3) is 0 Å². The fourth-order valence-corrected chi connectivity index (χ4v) is 2.28. The molecular formula is C10H15ClN4. The van der Waals surface area contributed by atoms with E-state index in [4.69, 9.17) is 17.3 Å². The van der Waals surface area contributed by atoms with Crippen LogP contribution in [0.4, 0.5) is 11.8 Å². The summed E-state index contributed by atoms with van der Waals surface area (Å²) in [5, 5.41) is 3.76. The number of hydrogen-bond donors (Lipinski definition) is 2. The van der Waals surface area contributed by atoms with Gasteiger partial charge in [-0.2, -0.15) is 4.98 Å². The van der Waals surface area contributed by atoms with Crippen molar-refractivity contribution in [2.45, 2.75) is 38.1 Å². The van der Waals surface area contributed by atoms with Crippen LogP contribution in [-0.4, -0.2) is 15.5 Å². The molecule has 0 spiro atoms. The van der Waals surface area contributed by atoms with Gasteiger partial charge in [0.15, 0.2) is 0 Å². The van der Waals surface area contributed by atoms with E-state index in [2.05, 4.69) is 22.2 Å². The van der Waals surface area contributed by atoms with Crippen LogP contribution < -0.4 is 11.1 Å². The van der Waals surface area contributed by atoms with Crippen molar-refractivity contribution in [1.82, 2.24) is 9.97 Å². The zero-order valence-corrected chi connectivity index (χ0v) is 9.51. The highest BCUT2D eigenvalue weighted by Gasteiger charge is 2.28. The Morgan fingerprint density at radius 2 is 2.07 bits per heavy atom. The molecule has 15 heavy (non-hydrogen) atoms. The van der Waals surface area contributed by atoms with E-state index in [9.17, 15) is 0 Å². The van der Waals surface area contributed by atoms with Gasteiger partial charge in [0.05, 0.1) is 0 Å². The third-order valence-electron chi connectivity index (χ3n) is 2.85. The Hall–Kier alpha value is -1.03. The first-order valence-corrected chi connectivity index (χ1v) is 5.53. The van der Waals surface area contributed by atoms with Gasteiger partial charge in [0.2, 0.25) is 5.95 Å². The Morgan fingerprint density at radius 1 is 1.40 bits per heavy atom. The molecule has 5 heteroatoms. The number of aromatic nitrogens is 2. The van der Waals surface area contributed by atoms with Crippen LogP contribution in [0.3, 0.4) is 0 Å². The first-order chi connectivity index (χ1) is 7.07. The van der Waals surface area contributed by atoms with E-state index >= 15 is 0 Å². The van der Waals surface area contributed by atoms with Gasteiger partial charge in [-0.05, 0) is 19.8 Å². The van der Waals surface area contributed by atoms with Crippen LogP contribution >= 0.6 is 11.6 Å². The minimum atomic E-state index is 0.129. The van der Waals surface area contributed by atoms with E-state index in [1.165, 1.54) is 12.8 Å². The molecule has 3 N–H and O–H groups in total. The van der Waals surface area contributed by atoms with Crippen molar-refractivity contribution in [3.8, 4) is 0 Å². The summed E-state index contributed by atoms with van der Waals surface area (Å²) in [6.45, 7) is 2.20. The van der Waals surface area contributed by atoms with Crippen LogP contribution in [0, 0.1) is 0 Å². The lowest BCUT2D eigenvalue weighted by Gasteiger charge is -2.25. The quantitative estimate of drug-likeness (QED) is 0.761. The number of anilines is 2. The smallest absolute Gasteiger partial charge is 0.223 e. The van der Waals surface area contributed by atoms with Gasteiger partial charge in [-0.1, -0.05) is 24.4 Å². The standard InChI is InChI=1S/C10H15ClN4/c1-10(4-2-3-5-10)15-8-6-7(11)13-9(12)14-8/h6H,2-5H2,1H3,(H3,12,13,14,15). The van der Waals surface area contributed by atoms with Gasteiger partial charge >= 0.3 is 0 Å².